The van der Waals surface area contributed by atoms with Gasteiger partial charge in [0.25, 0.3) is 5.69 Å². The van der Waals surface area contributed by atoms with Crippen LogP contribution in [0.2, 0.25) is 5.02 Å². The van der Waals surface area contributed by atoms with Gasteiger partial charge in [-0.2, -0.15) is 0 Å². The van der Waals surface area contributed by atoms with Crippen LogP contribution in [-0.2, 0) is 4.74 Å². The highest BCUT2D eigenvalue weighted by molar-refractivity contribution is 14.1. The summed E-state index contributed by atoms with van der Waals surface area (Å²) in [6.07, 6.45) is 0. The molecule has 0 unspecified atom stereocenters. The SMILES string of the molecule is COC(=O)c1cc([N+](=O)[O-])c(N)c(I)c1Cl. The van der Waals surface area contributed by atoms with Gasteiger partial charge in [0.15, 0.2) is 0 Å². The lowest BCUT2D eigenvalue weighted by Crippen LogP contribution is -2.07. The van der Waals surface area contributed by atoms with Crippen LogP contribution in [0.3, 0.4) is 0 Å². The highest BCUT2D eigenvalue weighted by Crippen LogP contribution is 2.35. The molecule has 0 atom stereocenters. The minimum absolute atomic E-state index is 0.0514. The van der Waals surface area contributed by atoms with E-state index in [9.17, 15) is 14.9 Å². The molecule has 0 radical (unpaired) electrons. The van der Waals surface area contributed by atoms with E-state index in [1.807, 2.05) is 0 Å². The molecular formula is C8H6ClIN2O4. The van der Waals surface area contributed by atoms with Crippen LogP contribution < -0.4 is 5.73 Å². The first-order valence-corrected chi connectivity index (χ1v) is 5.36. The number of halogens is 2. The Bertz CT molecular complexity index is 478. The number of hydrogen-bond acceptors (Lipinski definition) is 5. The highest BCUT2D eigenvalue weighted by Gasteiger charge is 2.24. The van der Waals surface area contributed by atoms with E-state index in [1.54, 1.807) is 22.6 Å². The number of nitrogen functional groups attached to an aromatic ring is 1. The zero-order valence-corrected chi connectivity index (χ0v) is 10.9. The zero-order valence-electron chi connectivity index (χ0n) is 7.99. The lowest BCUT2D eigenvalue weighted by molar-refractivity contribution is -0.384. The lowest BCUT2D eigenvalue weighted by Gasteiger charge is -2.07. The third kappa shape index (κ3) is 2.19. The fourth-order valence-corrected chi connectivity index (χ4v) is 1.84. The number of nitrogens with two attached hydrogens (primary N) is 1. The Hall–Kier alpha value is -1.09. The number of benzene rings is 1. The summed E-state index contributed by atoms with van der Waals surface area (Å²) >= 11 is 7.57. The molecule has 0 saturated carbocycles. The second-order valence-corrected chi connectivity index (χ2v) is 4.19. The number of esters is 1. The standard InChI is InChI=1S/C8H6ClIN2O4/c1-16-8(13)3-2-4(12(14)15)7(11)6(10)5(3)9/h2H,11H2,1H3. The first-order valence-electron chi connectivity index (χ1n) is 3.90. The maximum absolute atomic E-state index is 11.3. The van der Waals surface area contributed by atoms with E-state index in [2.05, 4.69) is 4.74 Å². The van der Waals surface area contributed by atoms with Crippen molar-refractivity contribution in [2.24, 2.45) is 0 Å². The molecule has 0 spiro atoms. The molecule has 1 aromatic carbocycles. The van der Waals surface area contributed by atoms with E-state index in [1.165, 1.54) is 0 Å². The van der Waals surface area contributed by atoms with Crippen LogP contribution in [0.1, 0.15) is 10.4 Å². The molecule has 0 heterocycles. The van der Waals surface area contributed by atoms with Crippen molar-refractivity contribution < 1.29 is 14.5 Å². The van der Waals surface area contributed by atoms with E-state index in [4.69, 9.17) is 17.3 Å². The first-order chi connectivity index (χ1) is 7.40. The molecule has 0 aliphatic heterocycles. The molecule has 86 valence electrons. The van der Waals surface area contributed by atoms with Crippen LogP contribution in [0.4, 0.5) is 11.4 Å². The van der Waals surface area contributed by atoms with Gasteiger partial charge in [-0.15, -0.1) is 0 Å². The summed E-state index contributed by atoms with van der Waals surface area (Å²) in [6.45, 7) is 0. The van der Waals surface area contributed by atoms with Gasteiger partial charge in [-0.3, -0.25) is 10.1 Å². The van der Waals surface area contributed by atoms with Gasteiger partial charge in [0.2, 0.25) is 0 Å². The molecule has 0 aromatic heterocycles. The number of carbonyl (C=O) groups is 1. The van der Waals surface area contributed by atoms with E-state index in [-0.39, 0.29) is 25.5 Å². The Labute approximate surface area is 109 Å². The Kier molecular flexibility index (Phi) is 3.92. The van der Waals surface area contributed by atoms with E-state index >= 15 is 0 Å². The Morgan fingerprint density at radius 3 is 2.69 bits per heavy atom. The van der Waals surface area contributed by atoms with Gasteiger partial charge in [0.1, 0.15) is 5.69 Å². The molecule has 0 aliphatic rings. The maximum atomic E-state index is 11.3. The predicted molar refractivity (Wildman–Crippen MR) is 66.6 cm³/mol. The fraction of sp³-hybridized carbons (Fsp3) is 0.125. The number of rotatable bonds is 2. The van der Waals surface area contributed by atoms with Crippen LogP contribution in [0.25, 0.3) is 0 Å². The summed E-state index contributed by atoms with van der Waals surface area (Å²) in [5.41, 5.74) is 5.00. The van der Waals surface area contributed by atoms with Gasteiger partial charge in [-0.05, 0) is 22.6 Å². The molecular weight excluding hydrogens is 350 g/mol. The Morgan fingerprint density at radius 1 is 1.69 bits per heavy atom. The maximum Gasteiger partial charge on any atom is 0.339 e. The lowest BCUT2D eigenvalue weighted by atomic mass is 10.1. The van der Waals surface area contributed by atoms with Gasteiger partial charge in [0, 0.05) is 6.07 Å². The van der Waals surface area contributed by atoms with Crippen LogP contribution >= 0.6 is 34.2 Å². The summed E-state index contributed by atoms with van der Waals surface area (Å²) in [6, 6.07) is 1.01. The minimum atomic E-state index is -0.744. The average molecular weight is 357 g/mol. The van der Waals surface area contributed by atoms with Gasteiger partial charge in [-0.1, -0.05) is 11.6 Å². The van der Waals surface area contributed by atoms with E-state index in [0.717, 1.165) is 13.2 Å². The fourth-order valence-electron chi connectivity index (χ4n) is 1.04. The average Bonchev–Trinajstić information content (AvgIpc) is 2.25. The Morgan fingerprint density at radius 2 is 2.25 bits per heavy atom. The number of nitro groups is 1. The van der Waals surface area contributed by atoms with Gasteiger partial charge in [0.05, 0.1) is 26.2 Å². The zero-order chi connectivity index (χ0) is 12.5. The Balaban J connectivity index is 3.53. The first kappa shape index (κ1) is 13.0. The summed E-state index contributed by atoms with van der Waals surface area (Å²) in [7, 11) is 1.16. The molecule has 6 nitrogen and oxygen atoms in total. The van der Waals surface area contributed by atoms with Crippen molar-refractivity contribution in [3.8, 4) is 0 Å². The van der Waals surface area contributed by atoms with Crippen LogP contribution in [0.5, 0.6) is 0 Å². The van der Waals surface area contributed by atoms with Crippen molar-refractivity contribution in [1.29, 1.82) is 0 Å². The molecule has 8 heteroatoms. The second kappa shape index (κ2) is 4.83. The molecule has 0 fully saturated rings. The van der Waals surface area contributed by atoms with Gasteiger partial charge >= 0.3 is 5.97 Å². The summed E-state index contributed by atoms with van der Waals surface area (Å²) in [4.78, 5) is 21.3. The van der Waals surface area contributed by atoms with E-state index in [0.29, 0.717) is 0 Å². The topological polar surface area (TPSA) is 95.5 Å². The number of ether oxygens (including phenoxy) is 1. The molecule has 1 rings (SSSR count). The number of nitrogens with zero attached hydrogens (tertiary/aromatic N) is 1. The van der Waals surface area contributed by atoms with E-state index < -0.39 is 10.9 Å². The summed E-state index contributed by atoms with van der Waals surface area (Å²) in [5.74, 6) is -0.744. The number of carbonyl (C=O) groups excluding carboxylic acids is 1. The monoisotopic (exact) mass is 356 g/mol. The number of nitro benzene ring substituents is 1. The van der Waals surface area contributed by atoms with Crippen molar-refractivity contribution in [3.05, 3.63) is 30.3 Å². The second-order valence-electron chi connectivity index (χ2n) is 2.73. The predicted octanol–water partition coefficient (Wildman–Crippen LogP) is 2.22. The van der Waals surface area contributed by atoms with Gasteiger partial charge < -0.3 is 10.5 Å². The molecule has 0 bridgehead atoms. The summed E-state index contributed by atoms with van der Waals surface area (Å²) < 4.78 is 4.71. The van der Waals surface area contributed by atoms with Crippen molar-refractivity contribution in [1.82, 2.24) is 0 Å². The minimum Gasteiger partial charge on any atom is -0.465 e. The number of methoxy groups -OCH3 is 1. The van der Waals surface area contributed by atoms with Crippen molar-refractivity contribution in [2.75, 3.05) is 12.8 Å². The molecule has 0 aliphatic carbocycles. The smallest absolute Gasteiger partial charge is 0.339 e. The summed E-state index contributed by atoms with van der Waals surface area (Å²) in [5, 5.41) is 10.7. The van der Waals surface area contributed by atoms with Crippen molar-refractivity contribution in [3.63, 3.8) is 0 Å². The normalized spacial score (nSPS) is 9.94. The third-order valence-corrected chi connectivity index (χ3v) is 3.66. The molecule has 1 aromatic rings. The van der Waals surface area contributed by atoms with Crippen LogP contribution in [0, 0.1) is 13.7 Å². The van der Waals surface area contributed by atoms with Crippen molar-refractivity contribution in [2.45, 2.75) is 0 Å². The van der Waals surface area contributed by atoms with Crippen molar-refractivity contribution >= 4 is 51.5 Å². The highest BCUT2D eigenvalue weighted by atomic mass is 127. The van der Waals surface area contributed by atoms with Gasteiger partial charge in [-0.25, -0.2) is 4.79 Å². The number of anilines is 1. The molecule has 0 saturated heterocycles. The molecule has 16 heavy (non-hydrogen) atoms. The number of hydrogen-bond donors (Lipinski definition) is 1. The third-order valence-electron chi connectivity index (χ3n) is 1.82. The van der Waals surface area contributed by atoms with Crippen LogP contribution in [-0.4, -0.2) is 18.0 Å². The molecule has 0 amide bonds. The molecule has 2 N–H and O–H groups in total. The largest absolute Gasteiger partial charge is 0.465 e. The quantitative estimate of drug-likeness (QED) is 0.288. The van der Waals surface area contributed by atoms with Crippen LogP contribution in [0.15, 0.2) is 6.07 Å².